The largest absolute Gasteiger partial charge is 0.456 e. The summed E-state index contributed by atoms with van der Waals surface area (Å²) >= 11 is 0. The van der Waals surface area contributed by atoms with E-state index in [0.29, 0.717) is 29.9 Å². The van der Waals surface area contributed by atoms with E-state index in [-0.39, 0.29) is 13.4 Å². The number of hydrogen-bond donors (Lipinski definition) is 1. The lowest BCUT2D eigenvalue weighted by Crippen LogP contribution is -2.54. The maximum absolute atomic E-state index is 13.2. The predicted octanol–water partition coefficient (Wildman–Crippen LogP) is 4.57. The van der Waals surface area contributed by atoms with Gasteiger partial charge in [-0.2, -0.15) is 5.26 Å². The second-order valence-electron chi connectivity index (χ2n) is 7.95. The average Bonchev–Trinajstić information content (AvgIpc) is 2.84. The summed E-state index contributed by atoms with van der Waals surface area (Å²) in [5, 5.41) is 12.8. The second-order valence-corrected chi connectivity index (χ2v) is 7.95. The molecule has 1 aliphatic rings. The fourth-order valence-corrected chi connectivity index (χ4v) is 4.12. The standard InChI is InChI=1S/C27H27N3O2.H2/c28-19-23-11-5-7-13-26(23)32-25-12-6-4-10-22(25)14-15-27(31)30-17-16-29-20-24(30)18-21-8-2-1-3-9-21;/h1-13,24,29H,14-18,20H2;1H/t24-;/m1./s1. The van der Waals surface area contributed by atoms with Crippen LogP contribution in [0.25, 0.3) is 0 Å². The van der Waals surface area contributed by atoms with Gasteiger partial charge in [0.2, 0.25) is 5.91 Å². The van der Waals surface area contributed by atoms with Crippen LogP contribution in [0.3, 0.4) is 0 Å². The Kier molecular flexibility index (Phi) is 7.16. The number of aryl methyl sites for hydroxylation is 1. The number of rotatable bonds is 7. The van der Waals surface area contributed by atoms with Crippen molar-refractivity contribution in [2.45, 2.75) is 25.3 Å². The van der Waals surface area contributed by atoms with Crippen LogP contribution in [0.4, 0.5) is 0 Å². The first-order valence-corrected chi connectivity index (χ1v) is 11.0. The minimum atomic E-state index is 0. The quantitative estimate of drug-likeness (QED) is 0.600. The van der Waals surface area contributed by atoms with Gasteiger partial charge in [-0.15, -0.1) is 0 Å². The molecule has 5 heteroatoms. The van der Waals surface area contributed by atoms with E-state index >= 15 is 0 Å². The molecule has 4 rings (SSSR count). The van der Waals surface area contributed by atoms with Crippen molar-refractivity contribution in [1.29, 1.82) is 5.26 Å². The minimum absolute atomic E-state index is 0. The van der Waals surface area contributed by atoms with Crippen molar-refractivity contribution in [2.24, 2.45) is 0 Å². The molecule has 5 nitrogen and oxygen atoms in total. The molecule has 1 aliphatic heterocycles. The van der Waals surface area contributed by atoms with Crippen molar-refractivity contribution in [1.82, 2.24) is 10.2 Å². The third kappa shape index (κ3) is 5.35. The van der Waals surface area contributed by atoms with Crippen LogP contribution in [0.1, 0.15) is 24.5 Å². The molecule has 0 radical (unpaired) electrons. The number of amides is 1. The summed E-state index contributed by atoms with van der Waals surface area (Å²) in [7, 11) is 0. The maximum Gasteiger partial charge on any atom is 0.223 e. The normalized spacial score (nSPS) is 15.7. The van der Waals surface area contributed by atoms with Crippen molar-refractivity contribution in [2.75, 3.05) is 19.6 Å². The van der Waals surface area contributed by atoms with Crippen LogP contribution >= 0.6 is 0 Å². The van der Waals surface area contributed by atoms with Gasteiger partial charge in [-0.25, -0.2) is 0 Å². The highest BCUT2D eigenvalue weighted by atomic mass is 16.5. The van der Waals surface area contributed by atoms with Crippen LogP contribution in [0.5, 0.6) is 11.5 Å². The molecule has 32 heavy (non-hydrogen) atoms. The van der Waals surface area contributed by atoms with E-state index in [4.69, 9.17) is 4.74 Å². The molecule has 1 N–H and O–H groups in total. The highest BCUT2D eigenvalue weighted by Gasteiger charge is 2.26. The molecule has 1 fully saturated rings. The molecule has 1 saturated heterocycles. The van der Waals surface area contributed by atoms with Crippen molar-refractivity contribution in [3.8, 4) is 17.6 Å². The first kappa shape index (κ1) is 21.6. The van der Waals surface area contributed by atoms with Crippen molar-refractivity contribution in [3.05, 3.63) is 95.6 Å². The number of carbonyl (C=O) groups excluding carboxylic acids is 1. The number of benzene rings is 3. The summed E-state index contributed by atoms with van der Waals surface area (Å²) in [5.41, 5.74) is 2.69. The molecule has 1 atom stereocenters. The van der Waals surface area contributed by atoms with Gasteiger partial charge >= 0.3 is 0 Å². The topological polar surface area (TPSA) is 65.4 Å². The Hall–Kier alpha value is -3.62. The molecule has 0 unspecified atom stereocenters. The number of nitriles is 1. The van der Waals surface area contributed by atoms with Gasteiger partial charge < -0.3 is 15.0 Å². The molecular weight excluding hydrogens is 398 g/mol. The Labute approximate surface area is 190 Å². The van der Waals surface area contributed by atoms with Gasteiger partial charge in [-0.3, -0.25) is 4.79 Å². The molecule has 1 heterocycles. The smallest absolute Gasteiger partial charge is 0.223 e. The predicted molar refractivity (Wildman–Crippen MR) is 127 cm³/mol. The third-order valence-electron chi connectivity index (χ3n) is 5.79. The first-order chi connectivity index (χ1) is 15.7. The zero-order valence-corrected chi connectivity index (χ0v) is 18.0. The van der Waals surface area contributed by atoms with Crippen LogP contribution in [-0.2, 0) is 17.6 Å². The van der Waals surface area contributed by atoms with Gasteiger partial charge in [0, 0.05) is 33.5 Å². The zero-order chi connectivity index (χ0) is 22.2. The van der Waals surface area contributed by atoms with Gasteiger partial charge in [0.15, 0.2) is 0 Å². The first-order valence-electron chi connectivity index (χ1n) is 11.0. The van der Waals surface area contributed by atoms with E-state index < -0.39 is 0 Å². The zero-order valence-electron chi connectivity index (χ0n) is 18.0. The monoisotopic (exact) mass is 427 g/mol. The summed E-state index contributed by atoms with van der Waals surface area (Å²) in [6.07, 6.45) is 1.86. The van der Waals surface area contributed by atoms with E-state index in [2.05, 4.69) is 23.5 Å². The highest BCUT2D eigenvalue weighted by Crippen LogP contribution is 2.28. The van der Waals surface area contributed by atoms with E-state index in [1.165, 1.54) is 5.56 Å². The molecule has 3 aromatic rings. The van der Waals surface area contributed by atoms with Crippen molar-refractivity contribution in [3.63, 3.8) is 0 Å². The summed E-state index contributed by atoms with van der Waals surface area (Å²) in [5.74, 6) is 1.38. The lowest BCUT2D eigenvalue weighted by atomic mass is 10.0. The van der Waals surface area contributed by atoms with Crippen LogP contribution in [-0.4, -0.2) is 36.5 Å². The Balaban J connectivity index is 0.00000306. The van der Waals surface area contributed by atoms with Gasteiger partial charge in [0.1, 0.15) is 17.6 Å². The van der Waals surface area contributed by atoms with Gasteiger partial charge in [0.05, 0.1) is 5.56 Å². The Morgan fingerprint density at radius 1 is 1.03 bits per heavy atom. The maximum atomic E-state index is 13.2. The Bertz CT molecular complexity index is 1100. The van der Waals surface area contributed by atoms with Gasteiger partial charge in [-0.1, -0.05) is 60.7 Å². The van der Waals surface area contributed by atoms with Crippen molar-refractivity contribution < 1.29 is 11.0 Å². The number of carbonyl (C=O) groups is 1. The van der Waals surface area contributed by atoms with Gasteiger partial charge in [-0.05, 0) is 42.2 Å². The lowest BCUT2D eigenvalue weighted by molar-refractivity contribution is -0.134. The summed E-state index contributed by atoms with van der Waals surface area (Å²) in [4.78, 5) is 15.2. The van der Waals surface area contributed by atoms with Crippen molar-refractivity contribution >= 4 is 5.91 Å². The number of ether oxygens (including phenoxy) is 1. The lowest BCUT2D eigenvalue weighted by Gasteiger charge is -2.36. The molecule has 0 bridgehead atoms. The van der Waals surface area contributed by atoms with E-state index in [9.17, 15) is 10.1 Å². The number of piperazine rings is 1. The number of hydrogen-bond acceptors (Lipinski definition) is 4. The fraction of sp³-hybridized carbons (Fsp3) is 0.259. The molecule has 0 aromatic heterocycles. The Morgan fingerprint density at radius 3 is 2.56 bits per heavy atom. The molecule has 3 aromatic carbocycles. The van der Waals surface area contributed by atoms with E-state index in [0.717, 1.165) is 31.6 Å². The number of nitrogens with zero attached hydrogens (tertiary/aromatic N) is 2. The SMILES string of the molecule is N#Cc1ccccc1Oc1ccccc1CCC(=O)N1CCNC[C@H]1Cc1ccccc1.[HH]. The number of nitrogens with one attached hydrogen (secondary N) is 1. The number of para-hydroxylation sites is 2. The summed E-state index contributed by atoms with van der Waals surface area (Å²) < 4.78 is 6.05. The highest BCUT2D eigenvalue weighted by molar-refractivity contribution is 5.77. The van der Waals surface area contributed by atoms with E-state index in [1.54, 1.807) is 12.1 Å². The van der Waals surface area contributed by atoms with E-state index in [1.807, 2.05) is 59.5 Å². The van der Waals surface area contributed by atoms with Crippen LogP contribution < -0.4 is 10.1 Å². The minimum Gasteiger partial charge on any atom is -0.456 e. The summed E-state index contributed by atoms with van der Waals surface area (Å²) in [6, 6.07) is 27.6. The molecule has 1 amide bonds. The second kappa shape index (κ2) is 10.6. The molecule has 0 spiro atoms. The molecule has 0 aliphatic carbocycles. The summed E-state index contributed by atoms with van der Waals surface area (Å²) in [6.45, 7) is 2.36. The van der Waals surface area contributed by atoms with Crippen LogP contribution in [0.15, 0.2) is 78.9 Å². The van der Waals surface area contributed by atoms with Crippen LogP contribution in [0, 0.1) is 11.3 Å². The third-order valence-corrected chi connectivity index (χ3v) is 5.79. The fourth-order valence-electron chi connectivity index (χ4n) is 4.12. The molecular formula is C27H29N3O2. The Morgan fingerprint density at radius 2 is 1.75 bits per heavy atom. The van der Waals surface area contributed by atoms with Crippen LogP contribution in [0.2, 0.25) is 0 Å². The average molecular weight is 428 g/mol. The van der Waals surface area contributed by atoms with Gasteiger partial charge in [0.25, 0.3) is 0 Å². The molecule has 164 valence electrons. The molecule has 0 saturated carbocycles.